The molecule has 36 heavy (non-hydrogen) atoms. The third-order valence-electron chi connectivity index (χ3n) is 6.82. The van der Waals surface area contributed by atoms with Gasteiger partial charge < -0.3 is 19.4 Å². The Balaban J connectivity index is 1.29. The number of ether oxygens (including phenoxy) is 2. The number of hydrogen-bond donors (Lipinski definition) is 1. The van der Waals surface area contributed by atoms with E-state index in [1.807, 2.05) is 24.3 Å². The van der Waals surface area contributed by atoms with Gasteiger partial charge in [-0.2, -0.15) is 4.98 Å². The van der Waals surface area contributed by atoms with Crippen molar-refractivity contribution in [3.63, 3.8) is 0 Å². The molecule has 0 amide bonds. The molecule has 1 aromatic carbocycles. The van der Waals surface area contributed by atoms with E-state index in [-0.39, 0.29) is 38.0 Å². The Morgan fingerprint density at radius 1 is 1.31 bits per heavy atom. The Morgan fingerprint density at radius 3 is 2.89 bits per heavy atom. The van der Waals surface area contributed by atoms with Crippen LogP contribution >= 0.6 is 0 Å². The highest BCUT2D eigenvalue weighted by Gasteiger charge is 2.47. The SMILES string of the molecule is [2H]C1(N2CC[C@@H](Nc3nc(OC)c4c(-c5ccc6ncn(CCF)c6c5)ccn4n3)C(F)(F)C2)COC1. The van der Waals surface area contributed by atoms with Crippen molar-refractivity contribution in [2.75, 3.05) is 45.4 Å². The van der Waals surface area contributed by atoms with Gasteiger partial charge in [-0.25, -0.2) is 22.7 Å². The quantitative estimate of drug-likeness (QED) is 0.416. The number of piperidine rings is 1. The summed E-state index contributed by atoms with van der Waals surface area (Å²) in [6, 6.07) is 5.24. The van der Waals surface area contributed by atoms with Crippen LogP contribution in [0.4, 0.5) is 19.1 Å². The van der Waals surface area contributed by atoms with E-state index in [4.69, 9.17) is 10.8 Å². The minimum absolute atomic E-state index is 0.0219. The third kappa shape index (κ3) is 3.94. The second-order valence-electron chi connectivity index (χ2n) is 9.02. The molecule has 1 N–H and O–H groups in total. The number of aryl methyl sites for hydroxylation is 1. The summed E-state index contributed by atoms with van der Waals surface area (Å²) in [7, 11) is 1.46. The summed E-state index contributed by atoms with van der Waals surface area (Å²) in [5, 5.41) is 7.23. The van der Waals surface area contributed by atoms with E-state index in [2.05, 4.69) is 20.4 Å². The van der Waals surface area contributed by atoms with E-state index in [9.17, 15) is 4.39 Å². The summed E-state index contributed by atoms with van der Waals surface area (Å²) in [4.78, 5) is 10.2. The average Bonchev–Trinajstić information content (AvgIpc) is 3.47. The van der Waals surface area contributed by atoms with Gasteiger partial charge in [-0.1, -0.05) is 6.07 Å². The van der Waals surface area contributed by atoms with Gasteiger partial charge in [0.15, 0.2) is 0 Å². The Labute approximate surface area is 206 Å². The maximum atomic E-state index is 15.1. The van der Waals surface area contributed by atoms with Gasteiger partial charge in [0.25, 0.3) is 5.92 Å². The first-order chi connectivity index (χ1) is 17.8. The van der Waals surface area contributed by atoms with Gasteiger partial charge >= 0.3 is 0 Å². The van der Waals surface area contributed by atoms with Crippen LogP contribution in [-0.4, -0.2) is 87.1 Å². The average molecular weight is 503 g/mol. The van der Waals surface area contributed by atoms with Crippen LogP contribution in [0.1, 0.15) is 7.79 Å². The summed E-state index contributed by atoms with van der Waals surface area (Å²) in [6.45, 7) is -0.212. The van der Waals surface area contributed by atoms with E-state index in [0.29, 0.717) is 12.1 Å². The van der Waals surface area contributed by atoms with Crippen molar-refractivity contribution in [1.29, 1.82) is 0 Å². The van der Waals surface area contributed by atoms with Crippen LogP contribution in [-0.2, 0) is 11.3 Å². The molecule has 0 spiro atoms. The van der Waals surface area contributed by atoms with Gasteiger partial charge in [-0.15, -0.1) is 5.10 Å². The van der Waals surface area contributed by atoms with Crippen molar-refractivity contribution in [3.8, 4) is 17.0 Å². The molecular formula is C24H26F3N7O2. The number of fused-ring (bicyclic) bond motifs is 2. The lowest BCUT2D eigenvalue weighted by molar-refractivity contribution is -0.131. The number of nitrogens with zero attached hydrogens (tertiary/aromatic N) is 6. The Morgan fingerprint density at radius 2 is 2.17 bits per heavy atom. The van der Waals surface area contributed by atoms with Crippen molar-refractivity contribution >= 4 is 22.5 Å². The summed E-state index contributed by atoms with van der Waals surface area (Å²) < 4.78 is 65.2. The summed E-state index contributed by atoms with van der Waals surface area (Å²) in [5.41, 5.74) is 3.74. The van der Waals surface area contributed by atoms with Crippen LogP contribution in [0.3, 0.4) is 0 Å². The van der Waals surface area contributed by atoms with Crippen LogP contribution in [0.25, 0.3) is 27.7 Å². The highest BCUT2D eigenvalue weighted by molar-refractivity contribution is 5.89. The molecule has 4 aromatic rings. The molecule has 2 saturated heterocycles. The molecule has 0 saturated carbocycles. The minimum atomic E-state index is -3.09. The zero-order valence-electron chi connectivity index (χ0n) is 20.6. The molecule has 12 heteroatoms. The summed E-state index contributed by atoms with van der Waals surface area (Å²) in [5.74, 6) is -2.84. The Hall–Kier alpha value is -3.38. The number of alkyl halides is 3. The van der Waals surface area contributed by atoms with Crippen LogP contribution < -0.4 is 10.1 Å². The summed E-state index contributed by atoms with van der Waals surface area (Å²) in [6.07, 6.45) is 3.45. The number of imidazole rings is 1. The number of benzene rings is 1. The number of nitrogens with one attached hydrogen (secondary N) is 1. The van der Waals surface area contributed by atoms with Gasteiger partial charge in [-0.05, 0) is 30.2 Å². The second-order valence-corrected chi connectivity index (χ2v) is 9.02. The fourth-order valence-electron chi connectivity index (χ4n) is 4.84. The van der Waals surface area contributed by atoms with E-state index >= 15 is 8.78 Å². The van der Waals surface area contributed by atoms with Crippen LogP contribution in [0.15, 0.2) is 36.8 Å². The van der Waals surface area contributed by atoms with Crippen molar-refractivity contribution in [2.45, 2.75) is 30.9 Å². The molecule has 0 radical (unpaired) electrons. The second kappa shape index (κ2) is 8.93. The maximum absolute atomic E-state index is 15.1. The highest BCUT2D eigenvalue weighted by Crippen LogP contribution is 2.35. The van der Waals surface area contributed by atoms with Gasteiger partial charge in [0, 0.05) is 18.3 Å². The zero-order valence-corrected chi connectivity index (χ0v) is 19.6. The lowest BCUT2D eigenvalue weighted by atomic mass is 9.98. The van der Waals surface area contributed by atoms with E-state index in [1.54, 1.807) is 21.6 Å². The first-order valence-corrected chi connectivity index (χ1v) is 11.7. The third-order valence-corrected chi connectivity index (χ3v) is 6.82. The molecule has 0 aliphatic carbocycles. The molecule has 6 rings (SSSR count). The predicted octanol–water partition coefficient (Wildman–Crippen LogP) is 3.24. The largest absolute Gasteiger partial charge is 0.479 e. The monoisotopic (exact) mass is 502 g/mol. The van der Waals surface area contributed by atoms with Crippen molar-refractivity contribution in [3.05, 3.63) is 36.8 Å². The maximum Gasteiger partial charge on any atom is 0.280 e. The number of methoxy groups -OCH3 is 1. The minimum Gasteiger partial charge on any atom is -0.479 e. The highest BCUT2D eigenvalue weighted by atomic mass is 19.3. The van der Waals surface area contributed by atoms with E-state index in [1.165, 1.54) is 12.0 Å². The van der Waals surface area contributed by atoms with Crippen molar-refractivity contribution < 1.29 is 24.0 Å². The number of likely N-dealkylation sites (tertiary alicyclic amines) is 1. The standard InChI is InChI=1S/C24H26F3N7O2/c1-35-22-21-17(15-2-3-18-19(10-15)33(9-6-25)14-28-18)4-8-34(21)31-23(30-22)29-20-5-7-32(13-24(20,26)27)16-11-36-12-16/h2-4,8,10,14,16,20H,5-7,9,11-13H2,1H3,(H,29,31)/t20-/m1/s1/i16D. The molecule has 3 aromatic heterocycles. The molecule has 2 aliphatic rings. The van der Waals surface area contributed by atoms with Crippen molar-refractivity contribution in [2.24, 2.45) is 0 Å². The van der Waals surface area contributed by atoms with Crippen LogP contribution in [0.5, 0.6) is 5.88 Å². The van der Waals surface area contributed by atoms with Gasteiger partial charge in [0.1, 0.15) is 12.2 Å². The first-order valence-electron chi connectivity index (χ1n) is 12.2. The fourth-order valence-corrected chi connectivity index (χ4v) is 4.84. The Bertz CT molecular complexity index is 1460. The van der Waals surface area contributed by atoms with Gasteiger partial charge in [0.05, 0.1) is 64.2 Å². The molecule has 0 unspecified atom stereocenters. The molecule has 5 heterocycles. The van der Waals surface area contributed by atoms with Gasteiger partial charge in [-0.3, -0.25) is 4.90 Å². The van der Waals surface area contributed by atoms with Gasteiger partial charge in [0.2, 0.25) is 11.8 Å². The molecule has 190 valence electrons. The smallest absolute Gasteiger partial charge is 0.280 e. The zero-order chi connectivity index (χ0) is 25.8. The number of rotatable bonds is 7. The molecule has 9 nitrogen and oxygen atoms in total. The van der Waals surface area contributed by atoms with E-state index in [0.717, 1.165) is 22.2 Å². The number of anilines is 1. The first kappa shape index (κ1) is 21.9. The number of hydrogen-bond acceptors (Lipinski definition) is 7. The topological polar surface area (TPSA) is 81.7 Å². The van der Waals surface area contributed by atoms with Crippen LogP contribution in [0, 0.1) is 0 Å². The van der Waals surface area contributed by atoms with Crippen molar-refractivity contribution in [1.82, 2.24) is 29.0 Å². The van der Waals surface area contributed by atoms with E-state index < -0.39 is 31.2 Å². The molecular weight excluding hydrogens is 475 g/mol. The lowest BCUT2D eigenvalue weighted by Gasteiger charge is -2.44. The predicted molar refractivity (Wildman–Crippen MR) is 127 cm³/mol. The number of halogens is 3. The fraction of sp³-hybridized carbons (Fsp3) is 0.458. The molecule has 1 atom stereocenters. The molecule has 2 fully saturated rings. The molecule has 2 aliphatic heterocycles. The molecule has 0 bridgehead atoms. The Kier molecular flexibility index (Phi) is 5.42. The lowest BCUT2D eigenvalue weighted by Crippen LogP contribution is -2.61. The number of aromatic nitrogens is 5. The van der Waals surface area contributed by atoms with Crippen LogP contribution in [0.2, 0.25) is 0 Å². The summed E-state index contributed by atoms with van der Waals surface area (Å²) >= 11 is 0. The normalized spacial score (nSPS) is 21.9.